The maximum absolute atomic E-state index is 5.60. The zero-order valence-corrected chi connectivity index (χ0v) is 10.3. The molecule has 2 saturated heterocycles. The van der Waals surface area contributed by atoms with E-state index in [1.807, 2.05) is 0 Å². The lowest BCUT2D eigenvalue weighted by atomic mass is 10.0. The largest absolute Gasteiger partial charge is 0.378 e. The fraction of sp³-hybridized carbons (Fsp3) is 1.00. The molecule has 0 aromatic carbocycles. The molecule has 15 heavy (non-hydrogen) atoms. The smallest absolute Gasteiger partial charge is 0.106 e. The van der Waals surface area contributed by atoms with E-state index in [1.165, 1.54) is 24.3 Å². The van der Waals surface area contributed by atoms with Gasteiger partial charge in [-0.05, 0) is 24.3 Å². The predicted molar refractivity (Wildman–Crippen MR) is 63.5 cm³/mol. The summed E-state index contributed by atoms with van der Waals surface area (Å²) in [6.07, 6.45) is 3.62. The standard InChI is InChI=1S/C11H21NO2S/c1-13-11(4-5-14-9-11)8-12-10-2-6-15-7-3-10/h10,12H,2-9H2,1H3. The first-order chi connectivity index (χ1) is 7.35. The Labute approximate surface area is 96.3 Å². The van der Waals surface area contributed by atoms with E-state index in [0.717, 1.165) is 26.2 Å². The van der Waals surface area contributed by atoms with E-state index < -0.39 is 0 Å². The minimum absolute atomic E-state index is 0.0510. The zero-order chi connectivity index (χ0) is 10.6. The Morgan fingerprint density at radius 1 is 1.47 bits per heavy atom. The molecular formula is C11H21NO2S. The van der Waals surface area contributed by atoms with Crippen molar-refractivity contribution in [1.29, 1.82) is 0 Å². The van der Waals surface area contributed by atoms with Crippen LogP contribution in [0.5, 0.6) is 0 Å². The van der Waals surface area contributed by atoms with Crippen LogP contribution in [0, 0.1) is 0 Å². The molecule has 2 heterocycles. The average molecular weight is 231 g/mol. The predicted octanol–water partition coefficient (Wildman–Crippen LogP) is 1.28. The lowest BCUT2D eigenvalue weighted by Gasteiger charge is -2.30. The van der Waals surface area contributed by atoms with Gasteiger partial charge in [-0.1, -0.05) is 0 Å². The van der Waals surface area contributed by atoms with Crippen LogP contribution in [0.3, 0.4) is 0 Å². The Bertz CT molecular complexity index is 189. The Kier molecular flexibility index (Phi) is 4.31. The number of methoxy groups -OCH3 is 1. The molecule has 0 aliphatic carbocycles. The van der Waals surface area contributed by atoms with Crippen molar-refractivity contribution >= 4 is 11.8 Å². The molecule has 88 valence electrons. The van der Waals surface area contributed by atoms with E-state index in [4.69, 9.17) is 9.47 Å². The second-order valence-corrected chi connectivity index (χ2v) is 5.68. The summed E-state index contributed by atoms with van der Waals surface area (Å²) in [5.74, 6) is 2.60. The fourth-order valence-electron chi connectivity index (χ4n) is 2.19. The first kappa shape index (κ1) is 11.7. The number of ether oxygens (including phenoxy) is 2. The van der Waals surface area contributed by atoms with Crippen LogP contribution in [0.4, 0.5) is 0 Å². The van der Waals surface area contributed by atoms with Crippen molar-refractivity contribution in [3.05, 3.63) is 0 Å². The molecule has 1 atom stereocenters. The minimum Gasteiger partial charge on any atom is -0.378 e. The first-order valence-electron chi connectivity index (χ1n) is 5.79. The van der Waals surface area contributed by atoms with Gasteiger partial charge in [-0.3, -0.25) is 0 Å². The van der Waals surface area contributed by atoms with Gasteiger partial charge in [0.2, 0.25) is 0 Å². The summed E-state index contributed by atoms with van der Waals surface area (Å²) in [6.45, 7) is 2.53. The van der Waals surface area contributed by atoms with Gasteiger partial charge in [-0.25, -0.2) is 0 Å². The number of hydrogen-bond donors (Lipinski definition) is 1. The second kappa shape index (κ2) is 5.53. The van der Waals surface area contributed by atoms with Gasteiger partial charge in [0.05, 0.1) is 6.61 Å². The van der Waals surface area contributed by atoms with Gasteiger partial charge in [0.1, 0.15) is 5.60 Å². The lowest BCUT2D eigenvalue weighted by Crippen LogP contribution is -2.47. The average Bonchev–Trinajstić information content (AvgIpc) is 2.77. The van der Waals surface area contributed by atoms with Gasteiger partial charge < -0.3 is 14.8 Å². The highest BCUT2D eigenvalue weighted by molar-refractivity contribution is 7.99. The van der Waals surface area contributed by atoms with Crippen LogP contribution in [0.15, 0.2) is 0 Å². The maximum atomic E-state index is 5.60. The molecule has 2 fully saturated rings. The molecule has 0 bridgehead atoms. The van der Waals surface area contributed by atoms with E-state index in [0.29, 0.717) is 6.04 Å². The van der Waals surface area contributed by atoms with Crippen LogP contribution in [-0.4, -0.2) is 50.0 Å². The van der Waals surface area contributed by atoms with Crippen molar-refractivity contribution in [1.82, 2.24) is 5.32 Å². The van der Waals surface area contributed by atoms with Crippen LogP contribution in [0.1, 0.15) is 19.3 Å². The van der Waals surface area contributed by atoms with Crippen molar-refractivity contribution in [3.63, 3.8) is 0 Å². The maximum Gasteiger partial charge on any atom is 0.106 e. The molecule has 0 spiro atoms. The zero-order valence-electron chi connectivity index (χ0n) is 9.46. The van der Waals surface area contributed by atoms with E-state index >= 15 is 0 Å². The Balaban J connectivity index is 1.75. The summed E-state index contributed by atoms with van der Waals surface area (Å²) in [4.78, 5) is 0. The number of hydrogen-bond acceptors (Lipinski definition) is 4. The SMILES string of the molecule is COC1(CNC2CCSCC2)CCOC1. The van der Waals surface area contributed by atoms with Gasteiger partial charge in [-0.15, -0.1) is 0 Å². The normalized spacial score (nSPS) is 33.4. The molecule has 2 rings (SSSR count). The Morgan fingerprint density at radius 3 is 2.87 bits per heavy atom. The van der Waals surface area contributed by atoms with Gasteiger partial charge in [0, 0.05) is 32.7 Å². The molecular weight excluding hydrogens is 210 g/mol. The third-order valence-electron chi connectivity index (χ3n) is 3.43. The summed E-state index contributed by atoms with van der Waals surface area (Å²) in [5.41, 5.74) is -0.0510. The first-order valence-corrected chi connectivity index (χ1v) is 6.94. The molecule has 2 aliphatic heterocycles. The van der Waals surface area contributed by atoms with E-state index in [2.05, 4.69) is 17.1 Å². The van der Waals surface area contributed by atoms with Crippen LogP contribution < -0.4 is 5.32 Å². The third-order valence-corrected chi connectivity index (χ3v) is 4.48. The summed E-state index contributed by atoms with van der Waals surface area (Å²) in [7, 11) is 1.80. The van der Waals surface area contributed by atoms with Crippen LogP contribution in [0.25, 0.3) is 0 Å². The van der Waals surface area contributed by atoms with E-state index in [-0.39, 0.29) is 5.60 Å². The molecule has 0 amide bonds. The van der Waals surface area contributed by atoms with Crippen molar-refractivity contribution in [3.8, 4) is 0 Å². The lowest BCUT2D eigenvalue weighted by molar-refractivity contribution is -0.0176. The van der Waals surface area contributed by atoms with Gasteiger partial charge >= 0.3 is 0 Å². The Morgan fingerprint density at radius 2 is 2.27 bits per heavy atom. The van der Waals surface area contributed by atoms with Gasteiger partial charge in [0.25, 0.3) is 0 Å². The monoisotopic (exact) mass is 231 g/mol. The number of rotatable bonds is 4. The van der Waals surface area contributed by atoms with Crippen LogP contribution in [-0.2, 0) is 9.47 Å². The van der Waals surface area contributed by atoms with Crippen molar-refractivity contribution in [2.45, 2.75) is 30.9 Å². The number of thioether (sulfide) groups is 1. The highest BCUT2D eigenvalue weighted by Crippen LogP contribution is 2.23. The minimum atomic E-state index is -0.0510. The van der Waals surface area contributed by atoms with E-state index in [9.17, 15) is 0 Å². The van der Waals surface area contributed by atoms with Gasteiger partial charge in [-0.2, -0.15) is 11.8 Å². The molecule has 0 radical (unpaired) electrons. The van der Waals surface area contributed by atoms with Crippen molar-refractivity contribution < 1.29 is 9.47 Å². The van der Waals surface area contributed by atoms with Crippen LogP contribution >= 0.6 is 11.8 Å². The molecule has 1 N–H and O–H groups in total. The third kappa shape index (κ3) is 3.09. The highest BCUT2D eigenvalue weighted by Gasteiger charge is 2.35. The molecule has 0 aromatic rings. The fourth-order valence-corrected chi connectivity index (χ4v) is 3.30. The highest BCUT2D eigenvalue weighted by atomic mass is 32.2. The molecule has 2 aliphatic rings. The summed E-state index contributed by atoms with van der Waals surface area (Å²) in [6, 6.07) is 0.693. The quantitative estimate of drug-likeness (QED) is 0.789. The molecule has 0 saturated carbocycles. The topological polar surface area (TPSA) is 30.5 Å². The van der Waals surface area contributed by atoms with E-state index in [1.54, 1.807) is 7.11 Å². The molecule has 0 aromatic heterocycles. The molecule has 3 nitrogen and oxygen atoms in total. The second-order valence-electron chi connectivity index (χ2n) is 4.46. The molecule has 1 unspecified atom stereocenters. The number of nitrogens with one attached hydrogen (secondary N) is 1. The molecule has 4 heteroatoms. The van der Waals surface area contributed by atoms with Gasteiger partial charge in [0.15, 0.2) is 0 Å². The van der Waals surface area contributed by atoms with Crippen molar-refractivity contribution in [2.24, 2.45) is 0 Å². The van der Waals surface area contributed by atoms with Crippen LogP contribution in [0.2, 0.25) is 0 Å². The van der Waals surface area contributed by atoms with Crippen molar-refractivity contribution in [2.75, 3.05) is 38.4 Å². The summed E-state index contributed by atoms with van der Waals surface area (Å²) in [5, 5.41) is 3.64. The Hall–Kier alpha value is 0.230. The summed E-state index contributed by atoms with van der Waals surface area (Å²) < 4.78 is 11.0. The summed E-state index contributed by atoms with van der Waals surface area (Å²) >= 11 is 2.07.